The van der Waals surface area contributed by atoms with Gasteiger partial charge in [0.05, 0.1) is 11.1 Å². The van der Waals surface area contributed by atoms with Crippen LogP contribution in [0.25, 0.3) is 10.9 Å². The number of hydrogen-bond donors (Lipinski definition) is 0. The molecule has 5 heteroatoms. The highest BCUT2D eigenvalue weighted by Crippen LogP contribution is 2.32. The van der Waals surface area contributed by atoms with Gasteiger partial charge in [0.15, 0.2) is 12.4 Å². The van der Waals surface area contributed by atoms with E-state index >= 15 is 0 Å². The third kappa shape index (κ3) is 3.72. The molecule has 0 radical (unpaired) electrons. The molecule has 142 valence electrons. The van der Waals surface area contributed by atoms with Crippen molar-refractivity contribution in [3.05, 3.63) is 75.4 Å². The number of carbonyl (C=O) groups excluding carboxylic acids is 2. The molecule has 0 aliphatic heterocycles. The number of ether oxygens (including phenoxy) is 1. The Hall–Kier alpha value is -2.53. The minimum atomic E-state index is -0.452. The highest BCUT2D eigenvalue weighted by atomic mass is 79.9. The summed E-state index contributed by atoms with van der Waals surface area (Å²) in [5, 5.41) is 0.787. The molecule has 28 heavy (non-hydrogen) atoms. The topological polar surface area (TPSA) is 56.3 Å². The molecule has 0 spiro atoms. The normalized spacial score (nSPS) is 15.9. The number of ketones is 1. The summed E-state index contributed by atoms with van der Waals surface area (Å²) in [4.78, 5) is 30.2. The molecule has 2 aromatic carbocycles. The number of rotatable bonds is 4. The molecule has 1 aliphatic rings. The molecule has 0 N–H and O–H groups in total. The van der Waals surface area contributed by atoms with E-state index in [2.05, 4.69) is 22.9 Å². The molecule has 0 amide bonds. The summed E-state index contributed by atoms with van der Waals surface area (Å²) in [5.74, 6) is -0.187. The maximum atomic E-state index is 13.0. The van der Waals surface area contributed by atoms with Crippen LogP contribution >= 0.6 is 15.9 Å². The molecule has 0 saturated carbocycles. The van der Waals surface area contributed by atoms with Crippen molar-refractivity contribution in [3.8, 4) is 0 Å². The Balaban J connectivity index is 1.65. The van der Waals surface area contributed by atoms with E-state index in [0.29, 0.717) is 17.0 Å². The Kier molecular flexibility index (Phi) is 5.27. The van der Waals surface area contributed by atoms with Crippen LogP contribution in [0.4, 0.5) is 0 Å². The average Bonchev–Trinajstić information content (AvgIpc) is 2.70. The first-order chi connectivity index (χ1) is 13.5. The average molecular weight is 438 g/mol. The van der Waals surface area contributed by atoms with Gasteiger partial charge in [0.2, 0.25) is 0 Å². The number of Topliss-reactive ketones (excluding diaryl/α,β-unsaturated/α-hetero) is 1. The van der Waals surface area contributed by atoms with Crippen LogP contribution in [0.2, 0.25) is 0 Å². The summed E-state index contributed by atoms with van der Waals surface area (Å²) >= 11 is 3.35. The van der Waals surface area contributed by atoms with Crippen molar-refractivity contribution in [2.24, 2.45) is 5.92 Å². The van der Waals surface area contributed by atoms with Crippen LogP contribution in [-0.4, -0.2) is 23.3 Å². The number of hydrogen-bond acceptors (Lipinski definition) is 4. The molecule has 1 aromatic heterocycles. The van der Waals surface area contributed by atoms with Crippen LogP contribution in [0.3, 0.4) is 0 Å². The number of pyridine rings is 1. The van der Waals surface area contributed by atoms with Gasteiger partial charge < -0.3 is 4.74 Å². The van der Waals surface area contributed by atoms with Crippen LogP contribution in [0, 0.1) is 5.92 Å². The number of nitrogens with zero attached hydrogens (tertiary/aromatic N) is 1. The first-order valence-electron chi connectivity index (χ1n) is 9.39. The van der Waals surface area contributed by atoms with Crippen molar-refractivity contribution >= 4 is 38.6 Å². The van der Waals surface area contributed by atoms with Gasteiger partial charge in [0, 0.05) is 21.1 Å². The third-order valence-corrected chi connectivity index (χ3v) is 5.68. The van der Waals surface area contributed by atoms with Crippen LogP contribution in [0.15, 0.2) is 53.0 Å². The molecular weight excluding hydrogens is 418 g/mol. The fourth-order valence-electron chi connectivity index (χ4n) is 3.74. The van der Waals surface area contributed by atoms with Crippen LogP contribution in [0.1, 0.15) is 45.3 Å². The molecule has 1 aliphatic carbocycles. The standard InChI is InChI=1S/C23H20BrNO3/c1-14-9-10-20-18(11-14)22(17-7-2-3-8-19(17)25-20)23(27)28-13-21(26)15-5-4-6-16(24)12-15/h2-8,12,14H,9-11,13H2,1H3/t14-/m0/s1. The largest absolute Gasteiger partial charge is 0.454 e. The smallest absolute Gasteiger partial charge is 0.339 e. The van der Waals surface area contributed by atoms with E-state index in [0.717, 1.165) is 45.9 Å². The Labute approximate surface area is 172 Å². The van der Waals surface area contributed by atoms with E-state index in [9.17, 15) is 9.59 Å². The first-order valence-corrected chi connectivity index (χ1v) is 10.2. The minimum absolute atomic E-state index is 0.227. The van der Waals surface area contributed by atoms with E-state index in [-0.39, 0.29) is 12.4 Å². The zero-order chi connectivity index (χ0) is 19.7. The lowest BCUT2D eigenvalue weighted by atomic mass is 9.84. The van der Waals surface area contributed by atoms with Gasteiger partial charge in [0.25, 0.3) is 0 Å². The van der Waals surface area contributed by atoms with Gasteiger partial charge in [-0.25, -0.2) is 4.79 Å². The minimum Gasteiger partial charge on any atom is -0.454 e. The monoisotopic (exact) mass is 437 g/mol. The van der Waals surface area contributed by atoms with Gasteiger partial charge in [0.1, 0.15) is 0 Å². The number of halogens is 1. The van der Waals surface area contributed by atoms with Crippen LogP contribution < -0.4 is 0 Å². The summed E-state index contributed by atoms with van der Waals surface area (Å²) in [6.45, 7) is 1.90. The molecule has 0 fully saturated rings. The number of aryl methyl sites for hydroxylation is 1. The maximum absolute atomic E-state index is 13.0. The highest BCUT2D eigenvalue weighted by molar-refractivity contribution is 9.10. The lowest BCUT2D eigenvalue weighted by Crippen LogP contribution is -2.21. The molecule has 4 nitrogen and oxygen atoms in total. The predicted octanol–water partition coefficient (Wildman–Crippen LogP) is 5.16. The second-order valence-electron chi connectivity index (χ2n) is 7.29. The molecular formula is C23H20BrNO3. The van der Waals surface area contributed by atoms with Gasteiger partial charge in [-0.15, -0.1) is 0 Å². The number of benzene rings is 2. The molecule has 4 rings (SSSR count). The summed E-state index contributed by atoms with van der Waals surface area (Å²) in [6.07, 6.45) is 2.73. The van der Waals surface area contributed by atoms with E-state index in [1.165, 1.54) is 0 Å². The van der Waals surface area contributed by atoms with Gasteiger partial charge in [-0.1, -0.05) is 53.2 Å². The van der Waals surface area contributed by atoms with Gasteiger partial charge in [-0.05, 0) is 48.9 Å². The van der Waals surface area contributed by atoms with E-state index in [4.69, 9.17) is 9.72 Å². The number of aromatic nitrogens is 1. The van der Waals surface area contributed by atoms with Gasteiger partial charge >= 0.3 is 5.97 Å². The fourth-order valence-corrected chi connectivity index (χ4v) is 4.14. The van der Waals surface area contributed by atoms with Crippen molar-refractivity contribution < 1.29 is 14.3 Å². The van der Waals surface area contributed by atoms with E-state index < -0.39 is 5.97 Å². The van der Waals surface area contributed by atoms with Crippen LogP contribution in [0.5, 0.6) is 0 Å². The number of carbonyl (C=O) groups is 2. The molecule has 1 heterocycles. The van der Waals surface area contributed by atoms with Crippen molar-refractivity contribution in [1.82, 2.24) is 4.98 Å². The number of fused-ring (bicyclic) bond motifs is 2. The summed E-state index contributed by atoms with van der Waals surface area (Å²) in [7, 11) is 0. The fraction of sp³-hybridized carbons (Fsp3) is 0.261. The van der Waals surface area contributed by atoms with E-state index in [1.54, 1.807) is 18.2 Å². The maximum Gasteiger partial charge on any atom is 0.339 e. The quantitative estimate of drug-likeness (QED) is 0.417. The Morgan fingerprint density at radius 2 is 2.00 bits per heavy atom. The molecule has 0 bridgehead atoms. The lowest BCUT2D eigenvalue weighted by Gasteiger charge is -2.24. The molecule has 3 aromatic rings. The summed E-state index contributed by atoms with van der Waals surface area (Å²) in [6, 6.07) is 14.7. The first kappa shape index (κ1) is 18.8. The van der Waals surface area contributed by atoms with Crippen molar-refractivity contribution in [3.63, 3.8) is 0 Å². The zero-order valence-electron chi connectivity index (χ0n) is 15.6. The second-order valence-corrected chi connectivity index (χ2v) is 8.20. The van der Waals surface area contributed by atoms with Crippen molar-refractivity contribution in [2.45, 2.75) is 26.2 Å². The second kappa shape index (κ2) is 7.84. The number of esters is 1. The molecule has 0 unspecified atom stereocenters. The zero-order valence-corrected chi connectivity index (χ0v) is 17.2. The van der Waals surface area contributed by atoms with Gasteiger partial charge in [-0.2, -0.15) is 0 Å². The van der Waals surface area contributed by atoms with Crippen molar-refractivity contribution in [1.29, 1.82) is 0 Å². The molecule has 0 saturated heterocycles. The summed E-state index contributed by atoms with van der Waals surface area (Å²) < 4.78 is 6.27. The lowest BCUT2D eigenvalue weighted by molar-refractivity contribution is 0.0475. The van der Waals surface area contributed by atoms with Crippen molar-refractivity contribution in [2.75, 3.05) is 6.61 Å². The Bertz CT molecular complexity index is 1080. The highest BCUT2D eigenvalue weighted by Gasteiger charge is 2.26. The van der Waals surface area contributed by atoms with Gasteiger partial charge in [-0.3, -0.25) is 9.78 Å². The summed E-state index contributed by atoms with van der Waals surface area (Å²) in [5.41, 5.74) is 3.81. The molecule has 1 atom stereocenters. The predicted molar refractivity (Wildman–Crippen MR) is 112 cm³/mol. The Morgan fingerprint density at radius 1 is 1.18 bits per heavy atom. The Morgan fingerprint density at radius 3 is 2.82 bits per heavy atom. The SMILES string of the molecule is C[C@H]1CCc2nc3ccccc3c(C(=O)OCC(=O)c3cccc(Br)c3)c2C1. The number of para-hydroxylation sites is 1. The van der Waals surface area contributed by atoms with Crippen LogP contribution in [-0.2, 0) is 17.6 Å². The van der Waals surface area contributed by atoms with E-state index in [1.807, 2.05) is 30.3 Å². The third-order valence-electron chi connectivity index (χ3n) is 5.19.